The van der Waals surface area contributed by atoms with Gasteiger partial charge in [0.15, 0.2) is 5.06 Å². The van der Waals surface area contributed by atoms with Crippen LogP contribution in [0.5, 0.6) is 5.06 Å². The molecule has 18 heavy (non-hydrogen) atoms. The largest absolute Gasteiger partial charge is 0.499 e. The smallest absolute Gasteiger partial charge is 0.310 e. The standard InChI is InChI=1S/C11H14N2O4S/c1-6(12-5-7-3-2-4-17-7)8-9(14)13-11(16)18-10(8)15/h7,15H,2-5H2,1H3,(H,13,14,16). The zero-order valence-corrected chi connectivity index (χ0v) is 10.7. The number of aromatic hydroxyl groups is 1. The predicted molar refractivity (Wildman–Crippen MR) is 68.9 cm³/mol. The van der Waals surface area contributed by atoms with E-state index < -0.39 is 10.4 Å². The second-order valence-corrected chi connectivity index (χ2v) is 5.05. The first-order chi connectivity index (χ1) is 8.58. The molecule has 0 saturated carbocycles. The number of hydrogen-bond acceptors (Lipinski definition) is 6. The Morgan fingerprint density at radius 3 is 3.00 bits per heavy atom. The van der Waals surface area contributed by atoms with Crippen LogP contribution in [-0.2, 0) is 4.74 Å². The van der Waals surface area contributed by atoms with E-state index in [1.54, 1.807) is 6.92 Å². The zero-order chi connectivity index (χ0) is 13.1. The molecule has 7 heteroatoms. The maximum absolute atomic E-state index is 11.6. The zero-order valence-electron chi connectivity index (χ0n) is 9.93. The lowest BCUT2D eigenvalue weighted by atomic mass is 10.2. The van der Waals surface area contributed by atoms with Crippen LogP contribution >= 0.6 is 11.3 Å². The fraction of sp³-hybridized carbons (Fsp3) is 0.545. The normalized spacial score (nSPS) is 20.3. The Bertz CT molecular complexity index is 569. The molecule has 1 aliphatic rings. The molecule has 0 aromatic carbocycles. The molecule has 0 radical (unpaired) electrons. The summed E-state index contributed by atoms with van der Waals surface area (Å²) < 4.78 is 5.42. The molecule has 0 spiro atoms. The lowest BCUT2D eigenvalue weighted by Gasteiger charge is -2.06. The monoisotopic (exact) mass is 270 g/mol. The molecule has 1 fully saturated rings. The first-order valence-corrected chi connectivity index (χ1v) is 6.49. The molecule has 6 nitrogen and oxygen atoms in total. The van der Waals surface area contributed by atoms with E-state index in [0.717, 1.165) is 19.4 Å². The molecule has 0 bridgehead atoms. The van der Waals surface area contributed by atoms with Gasteiger partial charge in [0.1, 0.15) is 5.56 Å². The molecule has 2 heterocycles. The quantitative estimate of drug-likeness (QED) is 0.782. The molecule has 1 aromatic heterocycles. The number of aliphatic imine (C=N–C) groups is 1. The maximum atomic E-state index is 11.6. The molecule has 0 amide bonds. The number of rotatable bonds is 3. The predicted octanol–water partition coefficient (Wildman–Crippen LogP) is 0.490. The summed E-state index contributed by atoms with van der Waals surface area (Å²) in [6.07, 6.45) is 2.07. The number of hydrogen-bond donors (Lipinski definition) is 2. The summed E-state index contributed by atoms with van der Waals surface area (Å²) >= 11 is 0.592. The number of H-pyrrole nitrogens is 1. The maximum Gasteiger partial charge on any atom is 0.310 e. The van der Waals surface area contributed by atoms with Crippen molar-refractivity contribution in [3.8, 4) is 5.06 Å². The van der Waals surface area contributed by atoms with Gasteiger partial charge in [-0.15, -0.1) is 0 Å². The highest BCUT2D eigenvalue weighted by molar-refractivity contribution is 7.11. The van der Waals surface area contributed by atoms with Crippen LogP contribution in [0.3, 0.4) is 0 Å². The lowest BCUT2D eigenvalue weighted by molar-refractivity contribution is 0.118. The Labute approximate surface area is 107 Å². The van der Waals surface area contributed by atoms with E-state index >= 15 is 0 Å². The van der Waals surface area contributed by atoms with Gasteiger partial charge in [0.05, 0.1) is 12.6 Å². The molecule has 1 aromatic rings. The van der Waals surface area contributed by atoms with E-state index in [4.69, 9.17) is 4.74 Å². The Balaban J connectivity index is 2.22. The van der Waals surface area contributed by atoms with Crippen LogP contribution in [0, 0.1) is 0 Å². The molecule has 1 unspecified atom stereocenters. The minimum atomic E-state index is -0.607. The van der Waals surface area contributed by atoms with E-state index in [0.29, 0.717) is 23.6 Å². The van der Waals surface area contributed by atoms with Crippen molar-refractivity contribution in [2.75, 3.05) is 13.2 Å². The first-order valence-electron chi connectivity index (χ1n) is 5.67. The fourth-order valence-electron chi connectivity index (χ4n) is 1.84. The van der Waals surface area contributed by atoms with Crippen LogP contribution in [0.4, 0.5) is 0 Å². The first kappa shape index (κ1) is 13.0. The molecular formula is C11H14N2O4S. The third kappa shape index (κ3) is 2.85. The summed E-state index contributed by atoms with van der Waals surface area (Å²) in [6.45, 7) is 2.85. The van der Waals surface area contributed by atoms with Gasteiger partial charge >= 0.3 is 4.87 Å². The van der Waals surface area contributed by atoms with Crippen LogP contribution in [0.15, 0.2) is 14.6 Å². The summed E-state index contributed by atoms with van der Waals surface area (Å²) in [4.78, 5) is 28.4. The number of aromatic amines is 1. The Hall–Kier alpha value is -1.47. The summed E-state index contributed by atoms with van der Waals surface area (Å²) in [5.74, 6) is 0. The molecule has 0 aliphatic carbocycles. The van der Waals surface area contributed by atoms with Gasteiger partial charge < -0.3 is 9.84 Å². The molecular weight excluding hydrogens is 256 g/mol. The van der Waals surface area contributed by atoms with Crippen molar-refractivity contribution in [1.82, 2.24) is 4.98 Å². The van der Waals surface area contributed by atoms with Gasteiger partial charge in [-0.25, -0.2) is 0 Å². The van der Waals surface area contributed by atoms with Gasteiger partial charge in [0, 0.05) is 12.3 Å². The van der Waals surface area contributed by atoms with Crippen molar-refractivity contribution in [2.45, 2.75) is 25.9 Å². The second-order valence-electron chi connectivity index (χ2n) is 4.08. The highest BCUT2D eigenvalue weighted by Gasteiger charge is 2.16. The van der Waals surface area contributed by atoms with Crippen molar-refractivity contribution in [3.63, 3.8) is 0 Å². The third-order valence-electron chi connectivity index (χ3n) is 2.76. The number of nitrogens with one attached hydrogen (secondary N) is 1. The Kier molecular flexibility index (Phi) is 3.93. The number of ether oxygens (including phenoxy) is 1. The van der Waals surface area contributed by atoms with E-state index in [-0.39, 0.29) is 16.7 Å². The van der Waals surface area contributed by atoms with Crippen molar-refractivity contribution >= 4 is 17.0 Å². The minimum Gasteiger partial charge on any atom is -0.499 e. The van der Waals surface area contributed by atoms with E-state index in [9.17, 15) is 14.7 Å². The van der Waals surface area contributed by atoms with Crippen molar-refractivity contribution in [2.24, 2.45) is 4.99 Å². The Morgan fingerprint density at radius 2 is 2.39 bits per heavy atom. The summed E-state index contributed by atoms with van der Waals surface area (Å²) in [6, 6.07) is 0. The highest BCUT2D eigenvalue weighted by Crippen LogP contribution is 2.16. The van der Waals surface area contributed by atoms with Crippen LogP contribution in [0.1, 0.15) is 25.3 Å². The van der Waals surface area contributed by atoms with Crippen LogP contribution in [-0.4, -0.2) is 35.1 Å². The van der Waals surface area contributed by atoms with E-state index in [2.05, 4.69) is 9.98 Å². The minimum absolute atomic E-state index is 0.0672. The van der Waals surface area contributed by atoms with Crippen LogP contribution in [0.25, 0.3) is 0 Å². The van der Waals surface area contributed by atoms with Crippen LogP contribution < -0.4 is 10.4 Å². The highest BCUT2D eigenvalue weighted by atomic mass is 32.1. The van der Waals surface area contributed by atoms with Crippen LogP contribution in [0.2, 0.25) is 0 Å². The van der Waals surface area contributed by atoms with Gasteiger partial charge in [0.2, 0.25) is 0 Å². The summed E-state index contributed by atoms with van der Waals surface area (Å²) in [5, 5.41) is 9.33. The van der Waals surface area contributed by atoms with Crippen molar-refractivity contribution < 1.29 is 9.84 Å². The molecule has 1 aliphatic heterocycles. The molecule has 2 N–H and O–H groups in total. The van der Waals surface area contributed by atoms with Gasteiger partial charge in [-0.2, -0.15) is 0 Å². The fourth-order valence-corrected chi connectivity index (χ4v) is 2.50. The Morgan fingerprint density at radius 1 is 1.61 bits per heavy atom. The van der Waals surface area contributed by atoms with Gasteiger partial charge in [-0.3, -0.25) is 19.6 Å². The SMILES string of the molecule is CC(=NCC1CCCO1)c1c(O)sc(=O)[nH]c1=O. The van der Waals surface area contributed by atoms with Crippen molar-refractivity contribution in [3.05, 3.63) is 25.6 Å². The van der Waals surface area contributed by atoms with Gasteiger partial charge in [0.25, 0.3) is 5.56 Å². The average molecular weight is 270 g/mol. The third-order valence-corrected chi connectivity index (χ3v) is 3.45. The van der Waals surface area contributed by atoms with Gasteiger partial charge in [-0.05, 0) is 31.1 Å². The van der Waals surface area contributed by atoms with Gasteiger partial charge in [-0.1, -0.05) is 0 Å². The average Bonchev–Trinajstić information content (AvgIpc) is 2.77. The number of nitrogens with zero attached hydrogens (tertiary/aromatic N) is 1. The van der Waals surface area contributed by atoms with E-state index in [1.807, 2.05) is 0 Å². The molecule has 98 valence electrons. The molecule has 1 atom stereocenters. The molecule has 2 rings (SSSR count). The summed E-state index contributed by atoms with van der Waals surface area (Å²) in [5.41, 5.74) is -0.122. The summed E-state index contributed by atoms with van der Waals surface area (Å²) in [7, 11) is 0. The van der Waals surface area contributed by atoms with E-state index in [1.165, 1.54) is 0 Å². The second kappa shape index (κ2) is 5.45. The number of aromatic nitrogens is 1. The van der Waals surface area contributed by atoms with Crippen molar-refractivity contribution in [1.29, 1.82) is 0 Å². The molecule has 1 saturated heterocycles. The topological polar surface area (TPSA) is 91.8 Å². The lowest BCUT2D eigenvalue weighted by Crippen LogP contribution is -2.23.